The van der Waals surface area contributed by atoms with Crippen LogP contribution in [0.4, 0.5) is 5.69 Å². The predicted octanol–water partition coefficient (Wildman–Crippen LogP) is 1.40. The van der Waals surface area contributed by atoms with Gasteiger partial charge in [0.1, 0.15) is 0 Å². The third-order valence-corrected chi connectivity index (χ3v) is 2.93. The highest BCUT2D eigenvalue weighted by Gasteiger charge is 2.24. The Morgan fingerprint density at radius 2 is 1.88 bits per heavy atom. The lowest BCUT2D eigenvalue weighted by Crippen LogP contribution is -2.46. The lowest BCUT2D eigenvalue weighted by atomic mass is 10.1. The number of rotatable bonds is 2. The molecule has 0 radical (unpaired) electrons. The minimum Gasteiger partial charge on any atom is -0.372 e. The van der Waals surface area contributed by atoms with Crippen LogP contribution in [-0.2, 0) is 4.74 Å². The molecule has 0 aliphatic carbocycles. The molecule has 2 N–H and O–H groups in total. The molecule has 0 saturated carbocycles. The van der Waals surface area contributed by atoms with Crippen molar-refractivity contribution >= 4 is 11.6 Å². The van der Waals surface area contributed by atoms with Crippen molar-refractivity contribution in [1.82, 2.24) is 0 Å². The number of morpholine rings is 1. The second-order valence-corrected chi connectivity index (χ2v) is 4.54. The molecule has 1 saturated heterocycles. The van der Waals surface area contributed by atoms with Gasteiger partial charge in [-0.05, 0) is 26.0 Å². The minimum absolute atomic E-state index is 0.166. The van der Waals surface area contributed by atoms with E-state index in [0.29, 0.717) is 5.56 Å². The Hall–Kier alpha value is -1.55. The van der Waals surface area contributed by atoms with Crippen molar-refractivity contribution in [2.45, 2.75) is 26.1 Å². The van der Waals surface area contributed by atoms with Crippen LogP contribution in [0, 0.1) is 0 Å². The Balaban J connectivity index is 2.30. The number of carbonyl (C=O) groups excluding carboxylic acids is 1. The summed E-state index contributed by atoms with van der Waals surface area (Å²) in [6.45, 7) is 5.65. The second kappa shape index (κ2) is 4.75. The number of hydrogen-bond donors (Lipinski definition) is 1. The number of benzene rings is 1. The summed E-state index contributed by atoms with van der Waals surface area (Å²) in [7, 11) is 0. The normalized spacial score (nSPS) is 24.7. The van der Waals surface area contributed by atoms with Crippen molar-refractivity contribution in [2.75, 3.05) is 18.0 Å². The van der Waals surface area contributed by atoms with Crippen molar-refractivity contribution in [3.05, 3.63) is 29.8 Å². The fourth-order valence-corrected chi connectivity index (χ4v) is 2.33. The van der Waals surface area contributed by atoms with E-state index in [1.807, 2.05) is 32.0 Å². The molecule has 1 aliphatic rings. The number of para-hydroxylation sites is 1. The Kier molecular flexibility index (Phi) is 3.33. The standard InChI is InChI=1S/C13H18N2O2/c1-9-7-15(8-10(2)17-9)12-6-4-3-5-11(12)13(14)16/h3-6,9-10H,7-8H2,1-2H3,(H2,14,16)/t9-,10-/m0/s1. The zero-order valence-corrected chi connectivity index (χ0v) is 10.2. The predicted molar refractivity (Wildman–Crippen MR) is 67.2 cm³/mol. The van der Waals surface area contributed by atoms with Crippen LogP contribution in [0.1, 0.15) is 24.2 Å². The summed E-state index contributed by atoms with van der Waals surface area (Å²) in [6.07, 6.45) is 0.333. The van der Waals surface area contributed by atoms with Crippen LogP contribution in [0.5, 0.6) is 0 Å². The Morgan fingerprint density at radius 1 is 1.29 bits per heavy atom. The van der Waals surface area contributed by atoms with Gasteiger partial charge in [0.15, 0.2) is 0 Å². The molecule has 1 aromatic carbocycles. The molecule has 1 amide bonds. The van der Waals surface area contributed by atoms with Crippen LogP contribution in [0.25, 0.3) is 0 Å². The van der Waals surface area contributed by atoms with Gasteiger partial charge in [-0.3, -0.25) is 4.79 Å². The Labute approximate surface area is 101 Å². The van der Waals surface area contributed by atoms with E-state index < -0.39 is 0 Å². The van der Waals surface area contributed by atoms with E-state index in [2.05, 4.69) is 4.90 Å². The van der Waals surface area contributed by atoms with Crippen LogP contribution in [-0.4, -0.2) is 31.2 Å². The van der Waals surface area contributed by atoms with Gasteiger partial charge < -0.3 is 15.4 Å². The van der Waals surface area contributed by atoms with Gasteiger partial charge in [0, 0.05) is 18.8 Å². The smallest absolute Gasteiger partial charge is 0.250 e. The number of carbonyl (C=O) groups is 1. The van der Waals surface area contributed by atoms with Crippen LogP contribution in [0.3, 0.4) is 0 Å². The summed E-state index contributed by atoms with van der Waals surface area (Å²) in [5.41, 5.74) is 6.88. The van der Waals surface area contributed by atoms with E-state index >= 15 is 0 Å². The first kappa shape index (κ1) is 11.9. The number of ether oxygens (including phenoxy) is 1. The average Bonchev–Trinajstić information content (AvgIpc) is 2.27. The highest BCUT2D eigenvalue weighted by atomic mass is 16.5. The molecular formula is C13H18N2O2. The number of nitrogens with two attached hydrogens (primary N) is 1. The number of primary amides is 1. The molecule has 1 fully saturated rings. The molecule has 1 aliphatic heterocycles. The summed E-state index contributed by atoms with van der Waals surface area (Å²) in [5, 5.41) is 0. The van der Waals surface area contributed by atoms with Gasteiger partial charge in [-0.15, -0.1) is 0 Å². The van der Waals surface area contributed by atoms with E-state index in [1.54, 1.807) is 6.07 Å². The molecule has 4 nitrogen and oxygen atoms in total. The van der Waals surface area contributed by atoms with E-state index in [4.69, 9.17) is 10.5 Å². The SMILES string of the molecule is C[C@H]1CN(c2ccccc2C(N)=O)C[C@H](C)O1. The molecule has 2 rings (SSSR count). The Bertz CT molecular complexity index is 410. The van der Waals surface area contributed by atoms with Crippen molar-refractivity contribution in [3.63, 3.8) is 0 Å². The van der Waals surface area contributed by atoms with Crippen molar-refractivity contribution < 1.29 is 9.53 Å². The van der Waals surface area contributed by atoms with Gasteiger partial charge in [-0.2, -0.15) is 0 Å². The number of anilines is 1. The van der Waals surface area contributed by atoms with E-state index in [1.165, 1.54) is 0 Å². The zero-order valence-electron chi connectivity index (χ0n) is 10.2. The van der Waals surface area contributed by atoms with Gasteiger partial charge in [0.2, 0.25) is 0 Å². The van der Waals surface area contributed by atoms with Crippen LogP contribution < -0.4 is 10.6 Å². The van der Waals surface area contributed by atoms with Crippen LogP contribution >= 0.6 is 0 Å². The monoisotopic (exact) mass is 234 g/mol. The Morgan fingerprint density at radius 3 is 2.47 bits per heavy atom. The van der Waals surface area contributed by atoms with Crippen molar-refractivity contribution in [3.8, 4) is 0 Å². The molecule has 17 heavy (non-hydrogen) atoms. The second-order valence-electron chi connectivity index (χ2n) is 4.54. The van der Waals surface area contributed by atoms with Crippen LogP contribution in [0.15, 0.2) is 24.3 Å². The van der Waals surface area contributed by atoms with Gasteiger partial charge in [-0.25, -0.2) is 0 Å². The molecule has 1 heterocycles. The quantitative estimate of drug-likeness (QED) is 0.841. The number of amides is 1. The van der Waals surface area contributed by atoms with E-state index in [9.17, 15) is 4.79 Å². The molecule has 0 aromatic heterocycles. The topological polar surface area (TPSA) is 55.6 Å². The van der Waals surface area contributed by atoms with Gasteiger partial charge in [-0.1, -0.05) is 12.1 Å². The average molecular weight is 234 g/mol. The van der Waals surface area contributed by atoms with E-state index in [0.717, 1.165) is 18.8 Å². The largest absolute Gasteiger partial charge is 0.372 e. The third kappa shape index (κ3) is 2.58. The van der Waals surface area contributed by atoms with E-state index in [-0.39, 0.29) is 18.1 Å². The lowest BCUT2D eigenvalue weighted by Gasteiger charge is -2.37. The third-order valence-electron chi connectivity index (χ3n) is 2.93. The fourth-order valence-electron chi connectivity index (χ4n) is 2.33. The molecular weight excluding hydrogens is 216 g/mol. The molecule has 92 valence electrons. The summed E-state index contributed by atoms with van der Waals surface area (Å²) < 4.78 is 5.68. The minimum atomic E-state index is -0.382. The summed E-state index contributed by atoms with van der Waals surface area (Å²) >= 11 is 0. The first-order valence-electron chi connectivity index (χ1n) is 5.87. The maximum Gasteiger partial charge on any atom is 0.250 e. The molecule has 0 bridgehead atoms. The molecule has 0 spiro atoms. The highest BCUT2D eigenvalue weighted by molar-refractivity contribution is 5.98. The molecule has 4 heteroatoms. The highest BCUT2D eigenvalue weighted by Crippen LogP contribution is 2.23. The fraction of sp³-hybridized carbons (Fsp3) is 0.462. The molecule has 0 unspecified atom stereocenters. The maximum absolute atomic E-state index is 11.4. The summed E-state index contributed by atoms with van der Waals surface area (Å²) in [5.74, 6) is -0.382. The maximum atomic E-state index is 11.4. The van der Waals surface area contributed by atoms with Crippen LogP contribution in [0.2, 0.25) is 0 Å². The lowest BCUT2D eigenvalue weighted by molar-refractivity contribution is -0.00526. The number of hydrogen-bond acceptors (Lipinski definition) is 3. The van der Waals surface area contributed by atoms with Crippen molar-refractivity contribution in [2.24, 2.45) is 5.73 Å². The first-order valence-corrected chi connectivity index (χ1v) is 5.87. The zero-order chi connectivity index (χ0) is 12.4. The summed E-state index contributed by atoms with van der Waals surface area (Å²) in [6, 6.07) is 7.46. The number of nitrogens with zero attached hydrogens (tertiary/aromatic N) is 1. The summed E-state index contributed by atoms with van der Waals surface area (Å²) in [4.78, 5) is 13.6. The van der Waals surface area contributed by atoms with Crippen molar-refractivity contribution in [1.29, 1.82) is 0 Å². The first-order chi connectivity index (χ1) is 8.08. The van der Waals surface area contributed by atoms with Gasteiger partial charge in [0.05, 0.1) is 17.8 Å². The van der Waals surface area contributed by atoms with Gasteiger partial charge >= 0.3 is 0 Å². The molecule has 1 aromatic rings. The molecule has 2 atom stereocenters. The van der Waals surface area contributed by atoms with Gasteiger partial charge in [0.25, 0.3) is 5.91 Å².